The van der Waals surface area contributed by atoms with Gasteiger partial charge in [-0.1, -0.05) is 23.7 Å². The third-order valence-corrected chi connectivity index (χ3v) is 3.88. The maximum Gasteiger partial charge on any atom is 0.224 e. The number of aromatic nitrogens is 1. The van der Waals surface area contributed by atoms with Gasteiger partial charge >= 0.3 is 0 Å². The fourth-order valence-corrected chi connectivity index (χ4v) is 2.46. The zero-order valence-corrected chi connectivity index (χ0v) is 13.4. The van der Waals surface area contributed by atoms with Gasteiger partial charge in [0.1, 0.15) is 5.82 Å². The number of furan rings is 1. The number of amides is 1. The van der Waals surface area contributed by atoms with E-state index in [1.165, 1.54) is 12.1 Å². The Bertz CT molecular complexity index is 812. The van der Waals surface area contributed by atoms with Crippen LogP contribution in [0.2, 0.25) is 5.02 Å². The molecule has 1 amide bonds. The van der Waals surface area contributed by atoms with E-state index in [-0.39, 0.29) is 22.9 Å². The third kappa shape index (κ3) is 3.81. The minimum Gasteiger partial charge on any atom is -0.472 e. The molecule has 0 fully saturated rings. The molecule has 2 aromatic heterocycles. The van der Waals surface area contributed by atoms with E-state index in [2.05, 4.69) is 10.3 Å². The van der Waals surface area contributed by atoms with Crippen molar-refractivity contribution in [1.29, 1.82) is 0 Å². The Kier molecular flexibility index (Phi) is 4.91. The Labute approximate surface area is 143 Å². The van der Waals surface area contributed by atoms with Crippen molar-refractivity contribution in [2.45, 2.75) is 13.0 Å². The average molecular weight is 345 g/mol. The number of hydrogen-bond acceptors (Lipinski definition) is 3. The standard InChI is InChI=1S/C18H14ClFN2O2/c19-15-2-1-3-16(20)14(15)8-18(23)22-10-12-4-5-17(21-9-12)13-6-7-24-11-13/h1-7,9,11H,8,10H2,(H,22,23). The second-order valence-corrected chi connectivity index (χ2v) is 5.62. The molecule has 0 bridgehead atoms. The summed E-state index contributed by atoms with van der Waals surface area (Å²) in [6.07, 6.45) is 4.77. The smallest absolute Gasteiger partial charge is 0.224 e. The second-order valence-electron chi connectivity index (χ2n) is 5.22. The highest BCUT2D eigenvalue weighted by Gasteiger charge is 2.11. The van der Waals surface area contributed by atoms with E-state index in [0.29, 0.717) is 6.54 Å². The van der Waals surface area contributed by atoms with Crippen molar-refractivity contribution in [3.05, 3.63) is 77.1 Å². The quantitative estimate of drug-likeness (QED) is 0.761. The van der Waals surface area contributed by atoms with Crippen LogP contribution in [-0.2, 0) is 17.8 Å². The fraction of sp³-hybridized carbons (Fsp3) is 0.111. The SMILES string of the molecule is O=C(Cc1c(F)cccc1Cl)NCc1ccc(-c2ccoc2)nc1. The summed E-state index contributed by atoms with van der Waals surface area (Å²) in [7, 11) is 0. The summed E-state index contributed by atoms with van der Waals surface area (Å²) >= 11 is 5.92. The second kappa shape index (κ2) is 7.27. The summed E-state index contributed by atoms with van der Waals surface area (Å²) in [4.78, 5) is 16.3. The minimum atomic E-state index is -0.483. The van der Waals surface area contributed by atoms with Crippen molar-refractivity contribution in [3.8, 4) is 11.3 Å². The molecule has 0 unspecified atom stereocenters. The number of pyridine rings is 1. The van der Waals surface area contributed by atoms with Crippen LogP contribution in [0.5, 0.6) is 0 Å². The largest absolute Gasteiger partial charge is 0.472 e. The monoisotopic (exact) mass is 344 g/mol. The summed E-state index contributed by atoms with van der Waals surface area (Å²) in [6.45, 7) is 0.309. The molecular formula is C18H14ClFN2O2. The molecule has 1 N–H and O–H groups in total. The lowest BCUT2D eigenvalue weighted by Gasteiger charge is -2.08. The van der Waals surface area contributed by atoms with E-state index in [4.69, 9.17) is 16.0 Å². The van der Waals surface area contributed by atoms with E-state index in [0.717, 1.165) is 16.8 Å². The normalized spacial score (nSPS) is 10.6. The molecule has 3 rings (SSSR count). The van der Waals surface area contributed by atoms with Gasteiger partial charge in [0.15, 0.2) is 0 Å². The molecule has 6 heteroatoms. The first-order valence-electron chi connectivity index (χ1n) is 7.30. The van der Waals surface area contributed by atoms with Gasteiger partial charge in [-0.15, -0.1) is 0 Å². The topological polar surface area (TPSA) is 55.1 Å². The predicted octanol–water partition coefficient (Wildman–Crippen LogP) is 3.99. The van der Waals surface area contributed by atoms with Crippen molar-refractivity contribution in [3.63, 3.8) is 0 Å². The van der Waals surface area contributed by atoms with Crippen LogP contribution in [0.3, 0.4) is 0 Å². The Hall–Kier alpha value is -2.66. The van der Waals surface area contributed by atoms with Crippen LogP contribution in [0, 0.1) is 5.82 Å². The highest BCUT2D eigenvalue weighted by Crippen LogP contribution is 2.19. The first-order valence-corrected chi connectivity index (χ1v) is 7.68. The zero-order chi connectivity index (χ0) is 16.9. The molecule has 0 aliphatic carbocycles. The molecule has 122 valence electrons. The molecule has 0 atom stereocenters. The van der Waals surface area contributed by atoms with Crippen LogP contribution < -0.4 is 5.32 Å². The van der Waals surface area contributed by atoms with Gasteiger partial charge in [0.2, 0.25) is 5.91 Å². The van der Waals surface area contributed by atoms with E-state index < -0.39 is 5.82 Å². The lowest BCUT2D eigenvalue weighted by atomic mass is 10.1. The fourth-order valence-electron chi connectivity index (χ4n) is 2.23. The van der Waals surface area contributed by atoms with E-state index in [9.17, 15) is 9.18 Å². The summed E-state index contributed by atoms with van der Waals surface area (Å²) < 4.78 is 18.7. The molecule has 0 saturated carbocycles. The highest BCUT2D eigenvalue weighted by atomic mass is 35.5. The van der Waals surface area contributed by atoms with Crippen LogP contribution >= 0.6 is 11.6 Å². The molecule has 0 radical (unpaired) electrons. The van der Waals surface area contributed by atoms with Gasteiger partial charge < -0.3 is 9.73 Å². The Morgan fingerprint density at radius 3 is 2.79 bits per heavy atom. The summed E-state index contributed by atoms with van der Waals surface area (Å²) in [5.74, 6) is -0.787. The Balaban J connectivity index is 1.58. The molecule has 0 spiro atoms. The molecule has 1 aromatic carbocycles. The molecule has 2 heterocycles. The van der Waals surface area contributed by atoms with Gasteiger partial charge in [-0.25, -0.2) is 4.39 Å². The molecule has 0 saturated heterocycles. The van der Waals surface area contributed by atoms with E-state index in [1.807, 2.05) is 18.2 Å². The van der Waals surface area contributed by atoms with Crippen molar-refractivity contribution in [2.24, 2.45) is 0 Å². The third-order valence-electron chi connectivity index (χ3n) is 3.53. The van der Waals surface area contributed by atoms with Crippen LogP contribution in [0.4, 0.5) is 4.39 Å². The number of carbonyl (C=O) groups excluding carboxylic acids is 1. The van der Waals surface area contributed by atoms with Crippen molar-refractivity contribution in [1.82, 2.24) is 10.3 Å². The number of nitrogens with zero attached hydrogens (tertiary/aromatic N) is 1. The van der Waals surface area contributed by atoms with Crippen LogP contribution in [0.1, 0.15) is 11.1 Å². The first kappa shape index (κ1) is 16.2. The zero-order valence-electron chi connectivity index (χ0n) is 12.6. The molecule has 4 nitrogen and oxygen atoms in total. The number of hydrogen-bond donors (Lipinski definition) is 1. The maximum absolute atomic E-state index is 13.7. The predicted molar refractivity (Wildman–Crippen MR) is 88.9 cm³/mol. The summed E-state index contributed by atoms with van der Waals surface area (Å²) in [5.41, 5.74) is 2.72. The number of halogens is 2. The van der Waals surface area contributed by atoms with Gasteiger partial charge in [0.25, 0.3) is 0 Å². The number of benzene rings is 1. The van der Waals surface area contributed by atoms with Gasteiger partial charge in [-0.2, -0.15) is 0 Å². The molecule has 3 aromatic rings. The van der Waals surface area contributed by atoms with Gasteiger partial charge in [0.05, 0.1) is 24.6 Å². The molecule has 24 heavy (non-hydrogen) atoms. The number of rotatable bonds is 5. The van der Waals surface area contributed by atoms with Crippen LogP contribution in [-0.4, -0.2) is 10.9 Å². The van der Waals surface area contributed by atoms with Gasteiger partial charge in [0, 0.05) is 28.9 Å². The average Bonchev–Trinajstić information content (AvgIpc) is 3.11. The molecular weight excluding hydrogens is 331 g/mol. The van der Waals surface area contributed by atoms with Gasteiger partial charge in [-0.3, -0.25) is 9.78 Å². The van der Waals surface area contributed by atoms with Crippen LogP contribution in [0.25, 0.3) is 11.3 Å². The maximum atomic E-state index is 13.7. The van der Waals surface area contributed by atoms with Crippen molar-refractivity contribution >= 4 is 17.5 Å². The number of nitrogens with one attached hydrogen (secondary N) is 1. The molecule has 0 aliphatic heterocycles. The van der Waals surface area contributed by atoms with Gasteiger partial charge in [-0.05, 0) is 29.8 Å². The molecule has 0 aliphatic rings. The highest BCUT2D eigenvalue weighted by molar-refractivity contribution is 6.31. The van der Waals surface area contributed by atoms with Crippen LogP contribution in [0.15, 0.2) is 59.5 Å². The summed E-state index contributed by atoms with van der Waals surface area (Å²) in [6, 6.07) is 9.89. The number of carbonyl (C=O) groups is 1. The lowest BCUT2D eigenvalue weighted by Crippen LogP contribution is -2.25. The van der Waals surface area contributed by atoms with E-state index >= 15 is 0 Å². The first-order chi connectivity index (χ1) is 11.6. The van der Waals surface area contributed by atoms with E-state index in [1.54, 1.807) is 24.8 Å². The summed E-state index contributed by atoms with van der Waals surface area (Å²) in [5, 5.41) is 2.98. The Morgan fingerprint density at radius 1 is 1.25 bits per heavy atom. The Morgan fingerprint density at radius 2 is 2.12 bits per heavy atom. The van der Waals surface area contributed by atoms with Crippen molar-refractivity contribution in [2.75, 3.05) is 0 Å². The minimum absolute atomic E-state index is 0.105. The lowest BCUT2D eigenvalue weighted by molar-refractivity contribution is -0.120. The van der Waals surface area contributed by atoms with Crippen molar-refractivity contribution < 1.29 is 13.6 Å².